The van der Waals surface area contributed by atoms with Crippen molar-refractivity contribution in [1.82, 2.24) is 9.55 Å². The van der Waals surface area contributed by atoms with E-state index in [0.717, 1.165) is 39.2 Å². The van der Waals surface area contributed by atoms with Crippen molar-refractivity contribution in [2.75, 3.05) is 5.73 Å². The van der Waals surface area contributed by atoms with Crippen molar-refractivity contribution in [2.45, 2.75) is 20.0 Å². The Hall–Kier alpha value is -4.06. The number of nitrogen functional groups attached to an aromatic ring is 1. The first-order valence-corrected chi connectivity index (χ1v) is 10.3. The van der Waals surface area contributed by atoms with E-state index in [1.54, 1.807) is 30.6 Å². The van der Waals surface area contributed by atoms with Crippen LogP contribution in [0.15, 0.2) is 82.8 Å². The summed E-state index contributed by atoms with van der Waals surface area (Å²) >= 11 is 0. The number of anilines is 1. The molecule has 0 amide bonds. The number of halogens is 1. The second kappa shape index (κ2) is 7.89. The van der Waals surface area contributed by atoms with E-state index < -0.39 is 5.82 Å². The zero-order valence-corrected chi connectivity index (χ0v) is 17.5. The molecule has 6 heteroatoms. The lowest BCUT2D eigenvalue weighted by Gasteiger charge is -2.11. The van der Waals surface area contributed by atoms with Crippen molar-refractivity contribution in [3.8, 4) is 11.1 Å². The molecule has 0 fully saturated rings. The highest BCUT2D eigenvalue weighted by Gasteiger charge is 2.18. The molecule has 5 nitrogen and oxygen atoms in total. The Kier molecular flexibility index (Phi) is 4.90. The highest BCUT2D eigenvalue weighted by Crippen LogP contribution is 2.28. The Morgan fingerprint density at radius 1 is 1.03 bits per heavy atom. The quantitative estimate of drug-likeness (QED) is 0.496. The maximum absolute atomic E-state index is 13.7. The molecule has 4 aromatic rings. The van der Waals surface area contributed by atoms with Crippen molar-refractivity contribution in [1.29, 1.82) is 0 Å². The number of hydrogen-bond donors (Lipinski definition) is 1. The summed E-state index contributed by atoms with van der Waals surface area (Å²) in [6.07, 6.45) is 3.51. The third-order valence-corrected chi connectivity index (χ3v) is 5.76. The average molecular weight is 424 g/mol. The zero-order chi connectivity index (χ0) is 22.2. The number of aryl methyl sites for hydroxylation is 1. The average Bonchev–Trinajstić information content (AvgIpc) is 3.21. The number of aromatic nitrogens is 2. The molecule has 2 aromatic carbocycles. The van der Waals surface area contributed by atoms with Gasteiger partial charge in [-0.2, -0.15) is 0 Å². The molecule has 0 unspecified atom stereocenters. The topological polar surface area (TPSA) is 73.3 Å². The van der Waals surface area contributed by atoms with Crippen LogP contribution in [0.1, 0.15) is 27.9 Å². The van der Waals surface area contributed by atoms with E-state index in [0.29, 0.717) is 12.1 Å². The number of aliphatic imine (C=N–C) groups is 1. The molecule has 1 aliphatic rings. The van der Waals surface area contributed by atoms with E-state index in [9.17, 15) is 9.18 Å². The second-order valence-corrected chi connectivity index (χ2v) is 7.92. The number of fused-ring (bicyclic) bond motifs is 1. The van der Waals surface area contributed by atoms with E-state index in [1.165, 1.54) is 10.6 Å². The highest BCUT2D eigenvalue weighted by atomic mass is 19.1. The lowest BCUT2D eigenvalue weighted by Crippen LogP contribution is -2.20. The van der Waals surface area contributed by atoms with Gasteiger partial charge in [0.15, 0.2) is 0 Å². The van der Waals surface area contributed by atoms with Gasteiger partial charge in [0.1, 0.15) is 5.82 Å². The van der Waals surface area contributed by atoms with Crippen molar-refractivity contribution >= 4 is 11.4 Å². The monoisotopic (exact) mass is 424 g/mol. The van der Waals surface area contributed by atoms with Crippen LogP contribution < -0.4 is 11.3 Å². The Morgan fingerprint density at radius 2 is 1.88 bits per heavy atom. The molecule has 32 heavy (non-hydrogen) atoms. The smallest absolute Gasteiger partial charge is 0.251 e. The molecule has 0 saturated carbocycles. The summed E-state index contributed by atoms with van der Waals surface area (Å²) in [6, 6.07) is 18.3. The van der Waals surface area contributed by atoms with Gasteiger partial charge in [0.2, 0.25) is 0 Å². The fraction of sp³-hybridized carbons (Fsp3) is 0.115. The molecule has 0 atom stereocenters. The van der Waals surface area contributed by atoms with E-state index in [4.69, 9.17) is 10.7 Å². The first kappa shape index (κ1) is 19.9. The SMILES string of the molecule is Cc1cc(C2=NCc3ccc(-c4ccn(Cc5cccc(F)c5N)c(=O)c4)cc32)ccn1. The Morgan fingerprint density at radius 3 is 2.69 bits per heavy atom. The van der Waals surface area contributed by atoms with Gasteiger partial charge in [0.25, 0.3) is 5.56 Å². The zero-order valence-electron chi connectivity index (χ0n) is 17.5. The highest BCUT2D eigenvalue weighted by molar-refractivity contribution is 6.15. The van der Waals surface area contributed by atoms with Crippen molar-refractivity contribution in [3.05, 3.63) is 117 Å². The Balaban J connectivity index is 1.47. The molecule has 3 heterocycles. The molecule has 0 radical (unpaired) electrons. The fourth-order valence-electron chi connectivity index (χ4n) is 4.02. The standard InChI is InChI=1S/C26H21FN4O/c1-16-11-19(7-9-29-16)26-22-12-17(5-6-20(22)14-30-26)18-8-10-31(24(32)13-18)15-21-3-2-4-23(27)25(21)28/h2-13H,14-15,28H2,1H3. The summed E-state index contributed by atoms with van der Waals surface area (Å²) in [7, 11) is 0. The van der Waals surface area contributed by atoms with E-state index >= 15 is 0 Å². The van der Waals surface area contributed by atoms with Crippen LogP contribution in [0.25, 0.3) is 11.1 Å². The maximum Gasteiger partial charge on any atom is 0.251 e. The predicted molar refractivity (Wildman–Crippen MR) is 124 cm³/mol. The number of rotatable bonds is 4. The van der Waals surface area contributed by atoms with E-state index in [2.05, 4.69) is 17.1 Å². The molecule has 2 aromatic heterocycles. The van der Waals surface area contributed by atoms with E-state index in [-0.39, 0.29) is 17.8 Å². The van der Waals surface area contributed by atoms with Gasteiger partial charge in [-0.05, 0) is 59.5 Å². The summed E-state index contributed by atoms with van der Waals surface area (Å²) in [4.78, 5) is 21.8. The Bertz CT molecular complexity index is 1440. The van der Waals surface area contributed by atoms with Gasteiger partial charge in [-0.3, -0.25) is 14.8 Å². The summed E-state index contributed by atoms with van der Waals surface area (Å²) < 4.78 is 15.3. The predicted octanol–water partition coefficient (Wildman–Crippen LogP) is 4.34. The van der Waals surface area contributed by atoms with Gasteiger partial charge in [-0.25, -0.2) is 4.39 Å². The van der Waals surface area contributed by atoms with Crippen LogP contribution in [-0.4, -0.2) is 15.3 Å². The second-order valence-electron chi connectivity index (χ2n) is 7.92. The minimum absolute atomic E-state index is 0.0697. The van der Waals surface area contributed by atoms with Crippen molar-refractivity contribution in [2.24, 2.45) is 4.99 Å². The molecular weight excluding hydrogens is 403 g/mol. The molecule has 0 aliphatic carbocycles. The minimum Gasteiger partial charge on any atom is -0.396 e. The summed E-state index contributed by atoms with van der Waals surface area (Å²) in [5.74, 6) is -0.479. The number of pyridine rings is 2. The number of benzene rings is 2. The maximum atomic E-state index is 13.7. The summed E-state index contributed by atoms with van der Waals surface area (Å²) in [6.45, 7) is 2.82. The summed E-state index contributed by atoms with van der Waals surface area (Å²) in [5, 5.41) is 0. The first-order chi connectivity index (χ1) is 15.5. The molecule has 0 spiro atoms. The molecule has 158 valence electrons. The lowest BCUT2D eigenvalue weighted by atomic mass is 9.96. The van der Waals surface area contributed by atoms with Gasteiger partial charge in [-0.15, -0.1) is 0 Å². The Labute approximate surface area is 184 Å². The third kappa shape index (κ3) is 3.60. The largest absolute Gasteiger partial charge is 0.396 e. The lowest BCUT2D eigenvalue weighted by molar-refractivity contribution is 0.628. The van der Waals surface area contributed by atoms with Crippen LogP contribution in [0, 0.1) is 12.7 Å². The van der Waals surface area contributed by atoms with Crippen molar-refractivity contribution in [3.63, 3.8) is 0 Å². The fourth-order valence-corrected chi connectivity index (χ4v) is 4.02. The number of nitrogens with two attached hydrogens (primary N) is 1. The van der Waals surface area contributed by atoms with Crippen LogP contribution in [0.5, 0.6) is 0 Å². The summed E-state index contributed by atoms with van der Waals surface area (Å²) in [5.41, 5.74) is 13.2. The van der Waals surface area contributed by atoms with Crippen LogP contribution in [0.4, 0.5) is 10.1 Å². The van der Waals surface area contributed by atoms with Crippen molar-refractivity contribution < 1.29 is 4.39 Å². The van der Waals surface area contributed by atoms with Gasteiger partial charge >= 0.3 is 0 Å². The molecule has 2 N–H and O–H groups in total. The molecular formula is C26H21FN4O. The van der Waals surface area contributed by atoms with Gasteiger partial charge < -0.3 is 10.3 Å². The number of hydrogen-bond acceptors (Lipinski definition) is 4. The first-order valence-electron chi connectivity index (χ1n) is 10.3. The molecule has 1 aliphatic heterocycles. The number of nitrogens with zero attached hydrogens (tertiary/aromatic N) is 3. The van der Waals surface area contributed by atoms with Gasteiger partial charge in [0.05, 0.1) is 24.5 Å². The van der Waals surface area contributed by atoms with E-state index in [1.807, 2.05) is 31.2 Å². The normalized spacial score (nSPS) is 12.5. The van der Waals surface area contributed by atoms with Crippen LogP contribution in [0.3, 0.4) is 0 Å². The third-order valence-electron chi connectivity index (χ3n) is 5.76. The molecule has 0 saturated heterocycles. The van der Waals surface area contributed by atoms with Gasteiger partial charge in [0, 0.05) is 35.3 Å². The molecule has 0 bridgehead atoms. The van der Waals surface area contributed by atoms with Crippen LogP contribution in [0.2, 0.25) is 0 Å². The number of para-hydroxylation sites is 1. The van der Waals surface area contributed by atoms with Crippen LogP contribution in [-0.2, 0) is 13.1 Å². The minimum atomic E-state index is -0.479. The molecule has 5 rings (SSSR count). The van der Waals surface area contributed by atoms with Crippen LogP contribution >= 0.6 is 0 Å². The van der Waals surface area contributed by atoms with Gasteiger partial charge in [-0.1, -0.05) is 24.3 Å².